The third-order valence-corrected chi connectivity index (χ3v) is 1.22. The van der Waals surface area contributed by atoms with E-state index in [4.69, 9.17) is 9.57 Å². The van der Waals surface area contributed by atoms with Gasteiger partial charge in [-0.3, -0.25) is 9.83 Å². The molecule has 0 saturated carbocycles. The number of methoxy groups -OCH3 is 1. The van der Waals surface area contributed by atoms with Gasteiger partial charge in [-0.2, -0.15) is 0 Å². The molecule has 0 spiro atoms. The molecule has 4 nitrogen and oxygen atoms in total. The van der Waals surface area contributed by atoms with Crippen LogP contribution in [0.1, 0.15) is 0 Å². The van der Waals surface area contributed by atoms with Crippen LogP contribution >= 0.6 is 0 Å². The van der Waals surface area contributed by atoms with Gasteiger partial charge in [-0.05, 0) is 0 Å². The standard InChI is InChI=1S/C6H10N2O2/c1-9-6-5-7-3-4-8(6)10-2/h3-6H,1-2H3. The van der Waals surface area contributed by atoms with Gasteiger partial charge in [0.05, 0.1) is 13.3 Å². The van der Waals surface area contributed by atoms with Gasteiger partial charge in [0, 0.05) is 19.5 Å². The van der Waals surface area contributed by atoms with Gasteiger partial charge in [-0.1, -0.05) is 0 Å². The first-order chi connectivity index (χ1) is 4.88. The summed E-state index contributed by atoms with van der Waals surface area (Å²) in [6, 6.07) is 0. The van der Waals surface area contributed by atoms with E-state index in [2.05, 4.69) is 4.99 Å². The number of aliphatic imine (C=N–C) groups is 1. The van der Waals surface area contributed by atoms with Crippen molar-refractivity contribution in [3.05, 3.63) is 12.4 Å². The van der Waals surface area contributed by atoms with E-state index >= 15 is 0 Å². The Labute approximate surface area is 59.7 Å². The molecular weight excluding hydrogens is 132 g/mol. The van der Waals surface area contributed by atoms with Crippen LogP contribution in [0.4, 0.5) is 0 Å². The minimum Gasteiger partial charge on any atom is -0.354 e. The summed E-state index contributed by atoms with van der Waals surface area (Å²) in [5, 5.41) is 1.56. The number of hydroxylamine groups is 2. The minimum absolute atomic E-state index is 0.199. The summed E-state index contributed by atoms with van der Waals surface area (Å²) in [4.78, 5) is 8.80. The third-order valence-electron chi connectivity index (χ3n) is 1.22. The van der Waals surface area contributed by atoms with Gasteiger partial charge in [-0.25, -0.2) is 5.06 Å². The van der Waals surface area contributed by atoms with Gasteiger partial charge in [0.1, 0.15) is 0 Å². The van der Waals surface area contributed by atoms with Gasteiger partial charge in [-0.15, -0.1) is 0 Å². The number of hydrogen-bond donors (Lipinski definition) is 0. The highest BCUT2D eigenvalue weighted by molar-refractivity contribution is 5.64. The van der Waals surface area contributed by atoms with Crippen LogP contribution in [0, 0.1) is 0 Å². The fraction of sp³-hybridized carbons (Fsp3) is 0.500. The molecule has 0 bridgehead atoms. The first kappa shape index (κ1) is 7.24. The molecule has 10 heavy (non-hydrogen) atoms. The highest BCUT2D eigenvalue weighted by Crippen LogP contribution is 2.03. The van der Waals surface area contributed by atoms with Crippen LogP contribution in [0.3, 0.4) is 0 Å². The number of ether oxygens (including phenoxy) is 1. The Balaban J connectivity index is 2.55. The van der Waals surface area contributed by atoms with E-state index in [1.807, 2.05) is 0 Å². The summed E-state index contributed by atoms with van der Waals surface area (Å²) < 4.78 is 5.00. The third kappa shape index (κ3) is 1.34. The van der Waals surface area contributed by atoms with Crippen LogP contribution in [0.15, 0.2) is 17.4 Å². The summed E-state index contributed by atoms with van der Waals surface area (Å²) >= 11 is 0. The molecule has 4 heteroatoms. The second kappa shape index (κ2) is 3.34. The molecule has 0 aromatic heterocycles. The first-order valence-corrected chi connectivity index (χ1v) is 2.93. The van der Waals surface area contributed by atoms with Gasteiger partial charge in [0.2, 0.25) is 0 Å². The Morgan fingerprint density at radius 3 is 2.80 bits per heavy atom. The molecular formula is C6H10N2O2. The van der Waals surface area contributed by atoms with Crippen molar-refractivity contribution in [1.82, 2.24) is 5.06 Å². The molecule has 1 aliphatic heterocycles. The van der Waals surface area contributed by atoms with Gasteiger partial charge in [0.15, 0.2) is 6.23 Å². The first-order valence-electron chi connectivity index (χ1n) is 2.93. The second-order valence-electron chi connectivity index (χ2n) is 1.77. The lowest BCUT2D eigenvalue weighted by molar-refractivity contribution is -0.168. The molecule has 0 aliphatic carbocycles. The Hall–Kier alpha value is -0.870. The van der Waals surface area contributed by atoms with E-state index in [0.29, 0.717) is 0 Å². The lowest BCUT2D eigenvalue weighted by Gasteiger charge is -2.24. The highest BCUT2D eigenvalue weighted by atomic mass is 16.7. The fourth-order valence-corrected chi connectivity index (χ4v) is 0.708. The van der Waals surface area contributed by atoms with Crippen LogP contribution in [0.5, 0.6) is 0 Å². The molecule has 0 amide bonds. The number of rotatable bonds is 2. The monoisotopic (exact) mass is 142 g/mol. The van der Waals surface area contributed by atoms with Gasteiger partial charge in [0.25, 0.3) is 0 Å². The molecule has 0 fully saturated rings. The van der Waals surface area contributed by atoms with E-state index in [1.165, 1.54) is 0 Å². The van der Waals surface area contributed by atoms with Crippen molar-refractivity contribution in [3.63, 3.8) is 0 Å². The molecule has 1 unspecified atom stereocenters. The van der Waals surface area contributed by atoms with Crippen molar-refractivity contribution >= 4 is 6.21 Å². The van der Waals surface area contributed by atoms with E-state index in [-0.39, 0.29) is 6.23 Å². The normalized spacial score (nSPS) is 23.8. The quantitative estimate of drug-likeness (QED) is 0.559. The van der Waals surface area contributed by atoms with Crippen molar-refractivity contribution in [2.24, 2.45) is 4.99 Å². The van der Waals surface area contributed by atoms with Crippen LogP contribution < -0.4 is 0 Å². The summed E-state index contributed by atoms with van der Waals surface area (Å²) in [7, 11) is 3.18. The Kier molecular flexibility index (Phi) is 2.42. The van der Waals surface area contributed by atoms with Crippen LogP contribution in [0.2, 0.25) is 0 Å². The molecule has 0 N–H and O–H groups in total. The molecule has 0 aromatic carbocycles. The molecule has 0 saturated heterocycles. The zero-order valence-electron chi connectivity index (χ0n) is 6.02. The van der Waals surface area contributed by atoms with Crippen molar-refractivity contribution in [2.45, 2.75) is 6.23 Å². The summed E-state index contributed by atoms with van der Waals surface area (Å²) in [5.41, 5.74) is 0. The maximum atomic E-state index is 5.00. The van der Waals surface area contributed by atoms with Crippen molar-refractivity contribution in [3.8, 4) is 0 Å². The highest BCUT2D eigenvalue weighted by Gasteiger charge is 2.12. The van der Waals surface area contributed by atoms with E-state index in [0.717, 1.165) is 0 Å². The van der Waals surface area contributed by atoms with Gasteiger partial charge < -0.3 is 4.74 Å². The summed E-state index contributed by atoms with van der Waals surface area (Å²) in [6.45, 7) is 0. The largest absolute Gasteiger partial charge is 0.354 e. The van der Waals surface area contributed by atoms with Crippen LogP contribution in [-0.2, 0) is 9.57 Å². The van der Waals surface area contributed by atoms with E-state index in [9.17, 15) is 0 Å². The number of nitrogens with zero attached hydrogens (tertiary/aromatic N) is 2. The Morgan fingerprint density at radius 2 is 2.30 bits per heavy atom. The van der Waals surface area contributed by atoms with E-state index < -0.39 is 0 Å². The zero-order valence-corrected chi connectivity index (χ0v) is 6.02. The van der Waals surface area contributed by atoms with Crippen LogP contribution in [0.25, 0.3) is 0 Å². The van der Waals surface area contributed by atoms with Crippen LogP contribution in [-0.4, -0.2) is 31.7 Å². The van der Waals surface area contributed by atoms with Gasteiger partial charge >= 0.3 is 0 Å². The average Bonchev–Trinajstić information content (AvgIpc) is 2.04. The fourth-order valence-electron chi connectivity index (χ4n) is 0.708. The lowest BCUT2D eigenvalue weighted by Crippen LogP contribution is -2.34. The molecule has 1 heterocycles. The average molecular weight is 142 g/mol. The Bertz CT molecular complexity index is 138. The summed E-state index contributed by atoms with van der Waals surface area (Å²) in [6.07, 6.45) is 4.80. The SMILES string of the molecule is COC1C=NC=CN1OC. The minimum atomic E-state index is -0.199. The lowest BCUT2D eigenvalue weighted by atomic mass is 10.5. The molecule has 1 atom stereocenters. The Morgan fingerprint density at radius 1 is 1.50 bits per heavy atom. The number of hydrogen-bond acceptors (Lipinski definition) is 4. The van der Waals surface area contributed by atoms with E-state index in [1.54, 1.807) is 37.9 Å². The second-order valence-corrected chi connectivity index (χ2v) is 1.77. The summed E-state index contributed by atoms with van der Waals surface area (Å²) in [5.74, 6) is 0. The molecule has 1 aliphatic rings. The predicted molar refractivity (Wildman–Crippen MR) is 37.3 cm³/mol. The van der Waals surface area contributed by atoms with Crippen molar-refractivity contribution in [2.75, 3.05) is 14.2 Å². The molecule has 0 radical (unpaired) electrons. The molecule has 56 valence electrons. The van der Waals surface area contributed by atoms with Crippen molar-refractivity contribution < 1.29 is 9.57 Å². The predicted octanol–water partition coefficient (Wildman–Crippen LogP) is 0.378. The topological polar surface area (TPSA) is 34.1 Å². The zero-order chi connectivity index (χ0) is 7.40. The maximum absolute atomic E-state index is 5.00. The molecule has 1 rings (SSSR count). The van der Waals surface area contributed by atoms with Crippen molar-refractivity contribution in [1.29, 1.82) is 0 Å². The maximum Gasteiger partial charge on any atom is 0.189 e. The molecule has 0 aromatic rings. The smallest absolute Gasteiger partial charge is 0.189 e.